The van der Waals surface area contributed by atoms with Gasteiger partial charge in [0.25, 0.3) is 0 Å². The Morgan fingerprint density at radius 3 is 2.76 bits per heavy atom. The van der Waals surface area contributed by atoms with E-state index in [-0.39, 0.29) is 5.65 Å². The lowest BCUT2D eigenvalue weighted by Crippen LogP contribution is -2.06. The van der Waals surface area contributed by atoms with Crippen LogP contribution in [0.5, 0.6) is 0 Å². The number of hydrogen-bond acceptors (Lipinski definition) is 3. The summed E-state index contributed by atoms with van der Waals surface area (Å²) in [6.45, 7) is 0.533. The first kappa shape index (κ1) is 11.8. The van der Waals surface area contributed by atoms with Gasteiger partial charge >= 0.3 is 6.18 Å². The van der Waals surface area contributed by atoms with Gasteiger partial charge in [-0.2, -0.15) is 18.3 Å². The van der Waals surface area contributed by atoms with Gasteiger partial charge in [0.05, 0.1) is 0 Å². The second kappa shape index (κ2) is 4.33. The van der Waals surface area contributed by atoms with Crippen LogP contribution in [0.3, 0.4) is 0 Å². The molecule has 0 fully saturated rings. The molecule has 0 unspecified atom stereocenters. The van der Waals surface area contributed by atoms with Crippen LogP contribution in [0.1, 0.15) is 17.7 Å². The Kier molecular flexibility index (Phi) is 3.01. The first-order chi connectivity index (χ1) is 8.00. The highest BCUT2D eigenvalue weighted by Crippen LogP contribution is 2.28. The SMILES string of the molecule is NCCCc1cnc2cc(C(F)(F)F)nn2c1. The third-order valence-corrected chi connectivity index (χ3v) is 2.33. The maximum atomic E-state index is 12.4. The molecule has 0 atom stereocenters. The molecule has 4 nitrogen and oxygen atoms in total. The first-order valence-electron chi connectivity index (χ1n) is 5.12. The van der Waals surface area contributed by atoms with E-state index in [2.05, 4.69) is 10.1 Å². The molecule has 2 aromatic rings. The van der Waals surface area contributed by atoms with E-state index in [1.807, 2.05) is 0 Å². The van der Waals surface area contributed by atoms with Crippen molar-refractivity contribution in [2.45, 2.75) is 19.0 Å². The van der Waals surface area contributed by atoms with E-state index in [4.69, 9.17) is 5.73 Å². The first-order valence-corrected chi connectivity index (χ1v) is 5.12. The number of hydrogen-bond donors (Lipinski definition) is 1. The van der Waals surface area contributed by atoms with Crippen molar-refractivity contribution in [3.05, 3.63) is 29.7 Å². The van der Waals surface area contributed by atoms with Crippen LogP contribution < -0.4 is 5.73 Å². The van der Waals surface area contributed by atoms with Crippen LogP contribution in [0, 0.1) is 0 Å². The molecule has 7 heteroatoms. The van der Waals surface area contributed by atoms with Gasteiger partial charge in [-0.15, -0.1) is 0 Å². The van der Waals surface area contributed by atoms with Gasteiger partial charge < -0.3 is 5.73 Å². The minimum absolute atomic E-state index is 0.189. The Labute approximate surface area is 95.3 Å². The number of aryl methyl sites for hydroxylation is 1. The van der Waals surface area contributed by atoms with Crippen LogP contribution in [-0.2, 0) is 12.6 Å². The van der Waals surface area contributed by atoms with E-state index in [9.17, 15) is 13.2 Å². The minimum atomic E-state index is -4.44. The monoisotopic (exact) mass is 244 g/mol. The molecule has 2 rings (SSSR count). The Morgan fingerprint density at radius 1 is 1.35 bits per heavy atom. The number of nitrogens with two attached hydrogens (primary N) is 1. The molecule has 0 aliphatic carbocycles. The number of fused-ring (bicyclic) bond motifs is 1. The standard InChI is InChI=1S/C10H11F3N4/c11-10(12,13)8-4-9-15-5-7(2-1-3-14)6-17(9)16-8/h4-6H,1-3,14H2. The Hall–Kier alpha value is -1.63. The van der Waals surface area contributed by atoms with Gasteiger partial charge in [-0.1, -0.05) is 0 Å². The molecule has 0 spiro atoms. The summed E-state index contributed by atoms with van der Waals surface area (Å²) in [5.74, 6) is 0. The summed E-state index contributed by atoms with van der Waals surface area (Å²) in [6, 6.07) is 0.923. The van der Waals surface area contributed by atoms with Gasteiger partial charge in [0.15, 0.2) is 11.3 Å². The van der Waals surface area contributed by atoms with Crippen molar-refractivity contribution in [2.75, 3.05) is 6.54 Å². The second-order valence-corrected chi connectivity index (χ2v) is 3.68. The van der Waals surface area contributed by atoms with Gasteiger partial charge in [0, 0.05) is 18.5 Å². The molecule has 17 heavy (non-hydrogen) atoms. The van der Waals surface area contributed by atoms with Crippen molar-refractivity contribution in [2.24, 2.45) is 5.73 Å². The minimum Gasteiger partial charge on any atom is -0.330 e. The van der Waals surface area contributed by atoms with Crippen molar-refractivity contribution in [3.8, 4) is 0 Å². The van der Waals surface area contributed by atoms with Crippen LogP contribution in [0.2, 0.25) is 0 Å². The second-order valence-electron chi connectivity index (χ2n) is 3.68. The molecular weight excluding hydrogens is 233 g/mol. The molecule has 0 saturated carbocycles. The molecule has 0 radical (unpaired) electrons. The molecule has 0 bridgehead atoms. The zero-order valence-electron chi connectivity index (χ0n) is 8.91. The maximum absolute atomic E-state index is 12.4. The highest BCUT2D eigenvalue weighted by atomic mass is 19.4. The fourth-order valence-electron chi connectivity index (χ4n) is 1.49. The fourth-order valence-corrected chi connectivity index (χ4v) is 1.49. The van der Waals surface area contributed by atoms with Gasteiger partial charge in [-0.05, 0) is 24.9 Å². The fraction of sp³-hybridized carbons (Fsp3) is 0.400. The number of rotatable bonds is 3. The van der Waals surface area contributed by atoms with Gasteiger partial charge in [0.1, 0.15) is 0 Å². The average molecular weight is 244 g/mol. The summed E-state index contributed by atoms with van der Waals surface area (Å²) < 4.78 is 38.4. The average Bonchev–Trinajstić information content (AvgIpc) is 2.68. The van der Waals surface area contributed by atoms with Crippen LogP contribution >= 0.6 is 0 Å². The number of alkyl halides is 3. The van der Waals surface area contributed by atoms with E-state index < -0.39 is 11.9 Å². The van der Waals surface area contributed by atoms with E-state index >= 15 is 0 Å². The van der Waals surface area contributed by atoms with Crippen molar-refractivity contribution < 1.29 is 13.2 Å². The van der Waals surface area contributed by atoms with Crippen LogP contribution in [0.4, 0.5) is 13.2 Å². The number of halogens is 3. The van der Waals surface area contributed by atoms with E-state index in [0.717, 1.165) is 22.6 Å². The number of nitrogens with zero attached hydrogens (tertiary/aromatic N) is 3. The molecule has 0 aliphatic rings. The molecule has 0 saturated heterocycles. The summed E-state index contributed by atoms with van der Waals surface area (Å²) in [4.78, 5) is 3.93. The molecule has 0 aromatic carbocycles. The van der Waals surface area contributed by atoms with Crippen molar-refractivity contribution in [1.29, 1.82) is 0 Å². The molecule has 0 amide bonds. The normalized spacial score (nSPS) is 12.2. The largest absolute Gasteiger partial charge is 0.435 e. The Balaban J connectivity index is 2.34. The van der Waals surface area contributed by atoms with E-state index in [1.165, 1.54) is 0 Å². The smallest absolute Gasteiger partial charge is 0.330 e. The van der Waals surface area contributed by atoms with Crippen LogP contribution in [-0.4, -0.2) is 21.1 Å². The summed E-state index contributed by atoms with van der Waals surface area (Å²) in [5.41, 5.74) is 5.44. The zero-order valence-corrected chi connectivity index (χ0v) is 8.91. The summed E-state index contributed by atoms with van der Waals surface area (Å²) in [6.07, 6.45) is 0.104. The lowest BCUT2D eigenvalue weighted by atomic mass is 10.2. The van der Waals surface area contributed by atoms with Crippen molar-refractivity contribution in [1.82, 2.24) is 14.6 Å². The zero-order chi connectivity index (χ0) is 12.5. The summed E-state index contributed by atoms with van der Waals surface area (Å²) in [7, 11) is 0. The summed E-state index contributed by atoms with van der Waals surface area (Å²) >= 11 is 0. The van der Waals surface area contributed by atoms with E-state index in [1.54, 1.807) is 12.4 Å². The van der Waals surface area contributed by atoms with Crippen molar-refractivity contribution in [3.63, 3.8) is 0 Å². The molecule has 0 aliphatic heterocycles. The van der Waals surface area contributed by atoms with E-state index in [0.29, 0.717) is 13.0 Å². The predicted octanol–water partition coefficient (Wildman–Crippen LogP) is 1.64. The quantitative estimate of drug-likeness (QED) is 0.892. The predicted molar refractivity (Wildman–Crippen MR) is 55.4 cm³/mol. The number of aromatic nitrogens is 3. The van der Waals surface area contributed by atoms with Gasteiger partial charge in [-0.3, -0.25) is 0 Å². The van der Waals surface area contributed by atoms with Gasteiger partial charge in [-0.25, -0.2) is 9.50 Å². The molecule has 2 N–H and O–H groups in total. The molecule has 92 valence electrons. The molecular formula is C10H11F3N4. The lowest BCUT2D eigenvalue weighted by molar-refractivity contribution is -0.141. The Bertz CT molecular complexity index is 518. The maximum Gasteiger partial charge on any atom is 0.435 e. The third-order valence-electron chi connectivity index (χ3n) is 2.33. The van der Waals surface area contributed by atoms with Gasteiger partial charge in [0.2, 0.25) is 0 Å². The molecule has 2 aromatic heterocycles. The molecule has 2 heterocycles. The van der Waals surface area contributed by atoms with Crippen LogP contribution in [0.15, 0.2) is 18.5 Å². The third kappa shape index (κ3) is 2.55. The Morgan fingerprint density at radius 2 is 2.12 bits per heavy atom. The highest BCUT2D eigenvalue weighted by molar-refractivity contribution is 5.40. The topological polar surface area (TPSA) is 56.2 Å². The summed E-state index contributed by atoms with van der Waals surface area (Å²) in [5, 5.41) is 3.45. The lowest BCUT2D eigenvalue weighted by Gasteiger charge is -2.00. The van der Waals surface area contributed by atoms with Crippen molar-refractivity contribution >= 4 is 5.65 Å². The highest BCUT2D eigenvalue weighted by Gasteiger charge is 2.34. The van der Waals surface area contributed by atoms with Crippen LogP contribution in [0.25, 0.3) is 5.65 Å².